The Morgan fingerprint density at radius 2 is 1.37 bits per heavy atom. The molecule has 3 aromatic carbocycles. The molecule has 0 bridgehead atoms. The lowest BCUT2D eigenvalue weighted by Gasteiger charge is -2.08. The van der Waals surface area contributed by atoms with Gasteiger partial charge in [0.1, 0.15) is 0 Å². The molecule has 3 heteroatoms. The topological polar surface area (TPSA) is 17.3 Å². The first-order valence-electron chi connectivity index (χ1n) is 9.00. The third-order valence-electron chi connectivity index (χ3n) is 4.83. The number of aromatic nitrogens is 2. The van der Waals surface area contributed by atoms with Gasteiger partial charge >= 0.3 is 0 Å². The van der Waals surface area contributed by atoms with E-state index in [2.05, 4.69) is 96.4 Å². The molecule has 0 unspecified atom stereocenters. The van der Waals surface area contributed by atoms with E-state index < -0.39 is 0 Å². The van der Waals surface area contributed by atoms with Crippen LogP contribution in [0.25, 0.3) is 37.9 Å². The summed E-state index contributed by atoms with van der Waals surface area (Å²) in [5, 5.41) is 0. The second-order valence-electron chi connectivity index (χ2n) is 6.61. The number of hydrogen-bond donors (Lipinski definition) is 0. The minimum Gasteiger partial charge on any atom is -0.289 e. The van der Waals surface area contributed by atoms with Crippen LogP contribution in [0.3, 0.4) is 0 Å². The molecular weight excluding hydrogens is 348 g/mol. The van der Waals surface area contributed by atoms with Gasteiger partial charge in [-0.15, -0.1) is 0 Å². The normalized spacial score (nSPS) is 11.1. The molecule has 0 aliphatic heterocycles. The second-order valence-corrected chi connectivity index (χ2v) is 7.58. The molecular formula is C24H18N2S. The molecule has 0 saturated heterocycles. The van der Waals surface area contributed by atoms with Crippen LogP contribution in [0.4, 0.5) is 0 Å². The molecule has 5 rings (SSSR count). The summed E-state index contributed by atoms with van der Waals surface area (Å²) < 4.78 is 2.24. The maximum atomic E-state index is 4.93. The SMILES string of the molecule is Cc1ccccc1-c1sc2nc(-c3ccccc3)cn2c1-c1ccccc1. The summed E-state index contributed by atoms with van der Waals surface area (Å²) in [6.45, 7) is 2.17. The van der Waals surface area contributed by atoms with Gasteiger partial charge in [-0.2, -0.15) is 0 Å². The number of imidazole rings is 1. The Balaban J connectivity index is 1.79. The van der Waals surface area contributed by atoms with Gasteiger partial charge < -0.3 is 0 Å². The fourth-order valence-corrected chi connectivity index (χ4v) is 4.69. The quantitative estimate of drug-likeness (QED) is 0.347. The number of thiazole rings is 1. The smallest absolute Gasteiger partial charge is 0.195 e. The van der Waals surface area contributed by atoms with Crippen LogP contribution in [0.15, 0.2) is 91.1 Å². The maximum absolute atomic E-state index is 4.93. The molecule has 27 heavy (non-hydrogen) atoms. The molecule has 2 aromatic heterocycles. The van der Waals surface area contributed by atoms with Gasteiger partial charge in [-0.05, 0) is 18.1 Å². The van der Waals surface area contributed by atoms with Crippen molar-refractivity contribution in [3.05, 3.63) is 96.7 Å². The molecule has 0 N–H and O–H groups in total. The highest BCUT2D eigenvalue weighted by Gasteiger charge is 2.19. The van der Waals surface area contributed by atoms with E-state index in [0.29, 0.717) is 0 Å². The highest BCUT2D eigenvalue weighted by atomic mass is 32.1. The summed E-state index contributed by atoms with van der Waals surface area (Å²) in [6, 6.07) is 29.5. The fourth-order valence-electron chi connectivity index (χ4n) is 3.47. The monoisotopic (exact) mass is 366 g/mol. The van der Waals surface area contributed by atoms with Gasteiger partial charge in [0, 0.05) is 17.3 Å². The van der Waals surface area contributed by atoms with Crippen molar-refractivity contribution in [2.24, 2.45) is 0 Å². The number of rotatable bonds is 3. The van der Waals surface area contributed by atoms with E-state index in [-0.39, 0.29) is 0 Å². The molecule has 0 atom stereocenters. The summed E-state index contributed by atoms with van der Waals surface area (Å²) in [4.78, 5) is 7.21. The van der Waals surface area contributed by atoms with Gasteiger partial charge in [0.2, 0.25) is 0 Å². The average Bonchev–Trinajstić information content (AvgIpc) is 3.27. The predicted octanol–water partition coefficient (Wildman–Crippen LogP) is 6.71. The fraction of sp³-hybridized carbons (Fsp3) is 0.0417. The van der Waals surface area contributed by atoms with E-state index in [9.17, 15) is 0 Å². The van der Waals surface area contributed by atoms with E-state index in [1.165, 1.54) is 27.3 Å². The van der Waals surface area contributed by atoms with E-state index in [4.69, 9.17) is 4.98 Å². The van der Waals surface area contributed by atoms with Crippen LogP contribution in [-0.4, -0.2) is 9.38 Å². The highest BCUT2D eigenvalue weighted by Crippen LogP contribution is 2.41. The van der Waals surface area contributed by atoms with Crippen LogP contribution in [0.5, 0.6) is 0 Å². The van der Waals surface area contributed by atoms with Gasteiger partial charge in [-0.1, -0.05) is 96.3 Å². The van der Waals surface area contributed by atoms with Crippen LogP contribution in [0, 0.1) is 6.92 Å². The van der Waals surface area contributed by atoms with E-state index >= 15 is 0 Å². The van der Waals surface area contributed by atoms with Crippen molar-refractivity contribution in [1.82, 2.24) is 9.38 Å². The molecule has 0 spiro atoms. The molecule has 0 aliphatic rings. The molecule has 2 nitrogen and oxygen atoms in total. The standard InChI is InChI=1S/C24H18N2S/c1-17-10-8-9-15-20(17)23-22(19-13-6-3-7-14-19)26-16-21(25-24(26)27-23)18-11-4-2-5-12-18/h2-16H,1H3. The molecule has 0 amide bonds. The molecule has 2 heterocycles. The van der Waals surface area contributed by atoms with Gasteiger partial charge in [-0.25, -0.2) is 4.98 Å². The first-order valence-corrected chi connectivity index (χ1v) is 9.81. The Bertz CT molecular complexity index is 1220. The molecule has 0 fully saturated rings. The third kappa shape index (κ3) is 2.77. The zero-order chi connectivity index (χ0) is 18.2. The van der Waals surface area contributed by atoms with Gasteiger partial charge in [-0.3, -0.25) is 4.40 Å². The molecule has 130 valence electrons. The van der Waals surface area contributed by atoms with Gasteiger partial charge in [0.25, 0.3) is 0 Å². The van der Waals surface area contributed by atoms with E-state index in [1.807, 2.05) is 6.07 Å². The zero-order valence-electron chi connectivity index (χ0n) is 15.0. The lowest BCUT2D eigenvalue weighted by molar-refractivity contribution is 1.23. The van der Waals surface area contributed by atoms with Gasteiger partial charge in [0.15, 0.2) is 4.96 Å². The Kier molecular flexibility index (Phi) is 3.88. The second kappa shape index (κ2) is 6.53. The summed E-state index contributed by atoms with van der Waals surface area (Å²) in [6.07, 6.45) is 2.16. The first-order chi connectivity index (χ1) is 13.3. The number of aryl methyl sites for hydroxylation is 1. The maximum Gasteiger partial charge on any atom is 0.195 e. The van der Waals surface area contributed by atoms with E-state index in [0.717, 1.165) is 16.2 Å². The summed E-state index contributed by atoms with van der Waals surface area (Å²) in [5.74, 6) is 0. The zero-order valence-corrected chi connectivity index (χ0v) is 15.8. The highest BCUT2D eigenvalue weighted by molar-refractivity contribution is 7.20. The number of nitrogens with zero attached hydrogens (tertiary/aromatic N) is 2. The van der Waals surface area contributed by atoms with Crippen molar-refractivity contribution >= 4 is 16.3 Å². The minimum absolute atomic E-state index is 1.01. The van der Waals surface area contributed by atoms with Crippen LogP contribution in [0.2, 0.25) is 0 Å². The van der Waals surface area contributed by atoms with Crippen LogP contribution >= 0.6 is 11.3 Å². The molecule has 0 aliphatic carbocycles. The molecule has 0 radical (unpaired) electrons. The Morgan fingerprint density at radius 1 is 0.741 bits per heavy atom. The molecule has 0 saturated carbocycles. The van der Waals surface area contributed by atoms with Crippen molar-refractivity contribution in [3.63, 3.8) is 0 Å². The lowest BCUT2D eigenvalue weighted by Crippen LogP contribution is -1.88. The summed E-state index contributed by atoms with van der Waals surface area (Å²) in [7, 11) is 0. The molecule has 5 aromatic rings. The minimum atomic E-state index is 1.01. The van der Waals surface area contributed by atoms with Crippen molar-refractivity contribution < 1.29 is 0 Å². The van der Waals surface area contributed by atoms with Crippen molar-refractivity contribution in [1.29, 1.82) is 0 Å². The summed E-state index contributed by atoms with van der Waals surface area (Å²) >= 11 is 1.75. The van der Waals surface area contributed by atoms with Crippen molar-refractivity contribution in [2.45, 2.75) is 6.92 Å². The van der Waals surface area contributed by atoms with E-state index in [1.54, 1.807) is 11.3 Å². The third-order valence-corrected chi connectivity index (χ3v) is 5.92. The Labute approximate surface area is 162 Å². The van der Waals surface area contributed by atoms with Crippen LogP contribution < -0.4 is 0 Å². The summed E-state index contributed by atoms with van der Waals surface area (Å²) in [5.41, 5.74) is 7.12. The van der Waals surface area contributed by atoms with Crippen LogP contribution in [0.1, 0.15) is 5.56 Å². The predicted molar refractivity (Wildman–Crippen MR) is 114 cm³/mol. The first kappa shape index (κ1) is 16.0. The van der Waals surface area contributed by atoms with Crippen LogP contribution in [-0.2, 0) is 0 Å². The van der Waals surface area contributed by atoms with Crippen molar-refractivity contribution in [2.75, 3.05) is 0 Å². The van der Waals surface area contributed by atoms with Gasteiger partial charge in [0.05, 0.1) is 16.3 Å². The number of fused-ring (bicyclic) bond motifs is 1. The Morgan fingerprint density at radius 3 is 2.07 bits per heavy atom. The Hall–Kier alpha value is -3.17. The van der Waals surface area contributed by atoms with Crippen molar-refractivity contribution in [3.8, 4) is 33.0 Å². The number of benzene rings is 3. The lowest BCUT2D eigenvalue weighted by atomic mass is 10.0. The average molecular weight is 366 g/mol. The largest absolute Gasteiger partial charge is 0.289 e. The number of hydrogen-bond acceptors (Lipinski definition) is 2.